The summed E-state index contributed by atoms with van der Waals surface area (Å²) in [5.74, 6) is 5.09. The Morgan fingerprint density at radius 1 is 0.929 bits per heavy atom. The highest BCUT2D eigenvalue weighted by atomic mass is 16.5. The molecular formula is C22H32N4O2. The van der Waals surface area contributed by atoms with Gasteiger partial charge in [-0.05, 0) is 70.2 Å². The van der Waals surface area contributed by atoms with Crippen molar-refractivity contribution in [2.75, 3.05) is 19.7 Å². The molecule has 3 aliphatic rings. The molecule has 0 aliphatic carbocycles. The number of aromatic nitrogens is 3. The van der Waals surface area contributed by atoms with E-state index in [9.17, 15) is 0 Å². The lowest BCUT2D eigenvalue weighted by atomic mass is 9.95. The van der Waals surface area contributed by atoms with Crippen molar-refractivity contribution in [3.63, 3.8) is 0 Å². The van der Waals surface area contributed by atoms with Gasteiger partial charge in [-0.25, -0.2) is 0 Å². The van der Waals surface area contributed by atoms with E-state index in [4.69, 9.17) is 9.15 Å². The van der Waals surface area contributed by atoms with Crippen LogP contribution in [0.15, 0.2) is 16.5 Å². The van der Waals surface area contributed by atoms with Gasteiger partial charge in [-0.3, -0.25) is 4.90 Å². The van der Waals surface area contributed by atoms with Crippen molar-refractivity contribution in [1.82, 2.24) is 19.7 Å². The van der Waals surface area contributed by atoms with Crippen molar-refractivity contribution >= 4 is 0 Å². The minimum absolute atomic E-state index is 0.163. The number of rotatable bonds is 4. The second-order valence-electron chi connectivity index (χ2n) is 8.65. The molecular weight excluding hydrogens is 352 g/mol. The molecule has 0 amide bonds. The summed E-state index contributed by atoms with van der Waals surface area (Å²) in [6.45, 7) is 5.07. The van der Waals surface area contributed by atoms with Gasteiger partial charge in [0.1, 0.15) is 29.3 Å². The number of aryl methyl sites for hydroxylation is 1. The van der Waals surface area contributed by atoms with Crippen LogP contribution in [0.2, 0.25) is 0 Å². The average Bonchev–Trinajstić information content (AvgIpc) is 3.30. The van der Waals surface area contributed by atoms with Gasteiger partial charge in [0.25, 0.3) is 0 Å². The molecule has 2 aromatic heterocycles. The van der Waals surface area contributed by atoms with Crippen molar-refractivity contribution in [2.45, 2.75) is 82.9 Å². The van der Waals surface area contributed by atoms with Gasteiger partial charge >= 0.3 is 0 Å². The molecule has 5 heterocycles. The lowest BCUT2D eigenvalue weighted by molar-refractivity contribution is 0.000762. The number of piperidine rings is 1. The Hall–Kier alpha value is -1.66. The van der Waals surface area contributed by atoms with Crippen LogP contribution < -0.4 is 0 Å². The Balaban J connectivity index is 1.17. The van der Waals surface area contributed by atoms with Crippen LogP contribution in [-0.2, 0) is 24.2 Å². The maximum Gasteiger partial charge on any atom is 0.136 e. The SMILES string of the molecule is c1cc(C2CCCCO2)oc1CN1CCC(c2nnc3n2CCCCC3)CC1. The summed E-state index contributed by atoms with van der Waals surface area (Å²) >= 11 is 0. The first-order valence-electron chi connectivity index (χ1n) is 11.2. The fourth-order valence-corrected chi connectivity index (χ4v) is 5.00. The van der Waals surface area contributed by atoms with Crippen LogP contribution in [0.1, 0.15) is 86.6 Å². The van der Waals surface area contributed by atoms with Gasteiger partial charge < -0.3 is 13.7 Å². The highest BCUT2D eigenvalue weighted by Crippen LogP contribution is 2.31. The summed E-state index contributed by atoms with van der Waals surface area (Å²) in [4.78, 5) is 2.51. The molecule has 0 bridgehead atoms. The van der Waals surface area contributed by atoms with Gasteiger partial charge in [0, 0.05) is 25.5 Å². The summed E-state index contributed by atoms with van der Waals surface area (Å²) in [6.07, 6.45) is 10.9. The molecule has 0 aromatic carbocycles. The molecule has 0 N–H and O–H groups in total. The van der Waals surface area contributed by atoms with E-state index in [2.05, 4.69) is 31.8 Å². The lowest BCUT2D eigenvalue weighted by Gasteiger charge is -2.31. The Bertz CT molecular complexity index is 769. The van der Waals surface area contributed by atoms with Crippen molar-refractivity contribution in [2.24, 2.45) is 0 Å². The second kappa shape index (κ2) is 8.37. The monoisotopic (exact) mass is 384 g/mol. The zero-order valence-corrected chi connectivity index (χ0v) is 16.8. The van der Waals surface area contributed by atoms with E-state index in [1.54, 1.807) is 0 Å². The standard InChI is InChI=1S/C22H32N4O2/c1-2-7-21-23-24-22(26(21)12-4-1)17-10-13-25(14-11-17)16-18-8-9-20(28-18)19-6-3-5-15-27-19/h8-9,17,19H,1-7,10-16H2. The van der Waals surface area contributed by atoms with Crippen LogP contribution in [0.25, 0.3) is 0 Å². The highest BCUT2D eigenvalue weighted by molar-refractivity contribution is 5.11. The minimum Gasteiger partial charge on any atom is -0.462 e. The normalized spacial score (nSPS) is 24.8. The Kier molecular flexibility index (Phi) is 5.50. The van der Waals surface area contributed by atoms with Crippen molar-refractivity contribution in [3.8, 4) is 0 Å². The predicted molar refractivity (Wildman–Crippen MR) is 106 cm³/mol. The molecule has 3 aliphatic heterocycles. The van der Waals surface area contributed by atoms with E-state index < -0.39 is 0 Å². The Morgan fingerprint density at radius 2 is 1.86 bits per heavy atom. The number of nitrogens with zero attached hydrogens (tertiary/aromatic N) is 4. The molecule has 28 heavy (non-hydrogen) atoms. The van der Waals surface area contributed by atoms with Crippen molar-refractivity contribution in [3.05, 3.63) is 35.3 Å². The summed E-state index contributed by atoms with van der Waals surface area (Å²) in [7, 11) is 0. The largest absolute Gasteiger partial charge is 0.462 e. The average molecular weight is 385 g/mol. The zero-order chi connectivity index (χ0) is 18.8. The number of hydrogen-bond donors (Lipinski definition) is 0. The quantitative estimate of drug-likeness (QED) is 0.790. The molecule has 2 aromatic rings. The fourth-order valence-electron chi connectivity index (χ4n) is 5.00. The zero-order valence-electron chi connectivity index (χ0n) is 16.8. The van der Waals surface area contributed by atoms with Gasteiger partial charge in [0.15, 0.2) is 0 Å². The third kappa shape index (κ3) is 3.90. The maximum atomic E-state index is 6.12. The van der Waals surface area contributed by atoms with Crippen LogP contribution in [0.3, 0.4) is 0 Å². The lowest BCUT2D eigenvalue weighted by Crippen LogP contribution is -2.33. The van der Waals surface area contributed by atoms with E-state index in [0.29, 0.717) is 5.92 Å². The maximum absolute atomic E-state index is 6.12. The van der Waals surface area contributed by atoms with E-state index in [0.717, 1.165) is 70.0 Å². The predicted octanol–water partition coefficient (Wildman–Crippen LogP) is 4.22. The minimum atomic E-state index is 0.163. The topological polar surface area (TPSA) is 56.3 Å². The van der Waals surface area contributed by atoms with E-state index in [1.165, 1.54) is 43.8 Å². The number of furan rings is 1. The first-order chi connectivity index (χ1) is 13.9. The van der Waals surface area contributed by atoms with Gasteiger partial charge in [0.05, 0.1) is 6.54 Å². The number of ether oxygens (including phenoxy) is 1. The summed E-state index contributed by atoms with van der Waals surface area (Å²) in [6, 6.07) is 4.25. The number of likely N-dealkylation sites (tertiary alicyclic amines) is 1. The molecule has 0 saturated carbocycles. The molecule has 152 valence electrons. The van der Waals surface area contributed by atoms with E-state index in [-0.39, 0.29) is 6.10 Å². The van der Waals surface area contributed by atoms with Gasteiger partial charge in [-0.15, -0.1) is 10.2 Å². The molecule has 6 nitrogen and oxygen atoms in total. The number of hydrogen-bond acceptors (Lipinski definition) is 5. The first kappa shape index (κ1) is 18.4. The molecule has 1 atom stereocenters. The Morgan fingerprint density at radius 3 is 2.71 bits per heavy atom. The summed E-state index contributed by atoms with van der Waals surface area (Å²) < 4.78 is 14.4. The smallest absolute Gasteiger partial charge is 0.136 e. The third-order valence-corrected chi connectivity index (χ3v) is 6.65. The molecule has 0 spiro atoms. The van der Waals surface area contributed by atoms with Crippen LogP contribution in [0, 0.1) is 0 Å². The van der Waals surface area contributed by atoms with Gasteiger partial charge in [-0.1, -0.05) is 6.42 Å². The van der Waals surface area contributed by atoms with Gasteiger partial charge in [-0.2, -0.15) is 0 Å². The van der Waals surface area contributed by atoms with E-state index >= 15 is 0 Å². The van der Waals surface area contributed by atoms with Crippen LogP contribution in [-0.4, -0.2) is 39.4 Å². The highest BCUT2D eigenvalue weighted by Gasteiger charge is 2.27. The molecule has 1 unspecified atom stereocenters. The third-order valence-electron chi connectivity index (χ3n) is 6.65. The van der Waals surface area contributed by atoms with Crippen LogP contribution in [0.4, 0.5) is 0 Å². The summed E-state index contributed by atoms with van der Waals surface area (Å²) in [5, 5.41) is 9.09. The van der Waals surface area contributed by atoms with Crippen molar-refractivity contribution in [1.29, 1.82) is 0 Å². The molecule has 0 radical (unpaired) electrons. The fraction of sp³-hybridized carbons (Fsp3) is 0.727. The molecule has 5 rings (SSSR count). The molecule has 2 fully saturated rings. The van der Waals surface area contributed by atoms with Gasteiger partial charge in [0.2, 0.25) is 0 Å². The van der Waals surface area contributed by atoms with Crippen LogP contribution in [0.5, 0.6) is 0 Å². The molecule has 2 saturated heterocycles. The van der Waals surface area contributed by atoms with Crippen LogP contribution >= 0.6 is 0 Å². The first-order valence-corrected chi connectivity index (χ1v) is 11.2. The van der Waals surface area contributed by atoms with Crippen molar-refractivity contribution < 1.29 is 9.15 Å². The Labute approximate surface area is 167 Å². The molecule has 6 heteroatoms. The van der Waals surface area contributed by atoms with E-state index in [1.807, 2.05) is 0 Å². The number of fused-ring (bicyclic) bond motifs is 1. The summed E-state index contributed by atoms with van der Waals surface area (Å²) in [5.41, 5.74) is 0. The second-order valence-corrected chi connectivity index (χ2v) is 8.65.